The van der Waals surface area contributed by atoms with Crippen molar-refractivity contribution >= 4 is 45.7 Å². The zero-order chi connectivity index (χ0) is 14.4. The minimum atomic E-state index is -1.27. The Morgan fingerprint density at radius 3 is 2.80 bits per heavy atom. The standard InChI is InChI=1S/C11H11IN4O4/c12-11-14-8(13)4-1-2-16(9(4)15-11)10-7(19)6(18)5(3-17)20-10/h1-3,5-7,10,18-19H,(H2,13,14,15)/t5-,6-,7-,10-/m1/s1. The van der Waals surface area contributed by atoms with E-state index in [0.29, 0.717) is 27.0 Å². The van der Waals surface area contributed by atoms with E-state index >= 15 is 0 Å². The van der Waals surface area contributed by atoms with Crippen LogP contribution in [0.2, 0.25) is 0 Å². The molecular formula is C11H11IN4O4. The number of aldehydes is 1. The third kappa shape index (κ3) is 1.97. The van der Waals surface area contributed by atoms with Gasteiger partial charge in [0.2, 0.25) is 0 Å². The summed E-state index contributed by atoms with van der Waals surface area (Å²) in [7, 11) is 0. The number of nitrogens with two attached hydrogens (primary N) is 1. The maximum atomic E-state index is 10.8. The number of ether oxygens (including phenoxy) is 1. The molecule has 1 aliphatic rings. The van der Waals surface area contributed by atoms with E-state index in [1.807, 2.05) is 22.6 Å². The first-order valence-electron chi connectivity index (χ1n) is 5.79. The zero-order valence-corrected chi connectivity index (χ0v) is 12.2. The van der Waals surface area contributed by atoms with Crippen LogP contribution < -0.4 is 5.73 Å². The molecule has 9 heteroatoms. The first kappa shape index (κ1) is 13.7. The molecule has 3 rings (SSSR count). The minimum Gasteiger partial charge on any atom is -0.387 e. The van der Waals surface area contributed by atoms with Crippen LogP contribution in [-0.4, -0.2) is 49.3 Å². The average molecular weight is 390 g/mol. The van der Waals surface area contributed by atoms with Gasteiger partial charge in [-0.2, -0.15) is 0 Å². The summed E-state index contributed by atoms with van der Waals surface area (Å²) in [6.45, 7) is 0. The number of nitrogen functional groups attached to an aromatic ring is 1. The van der Waals surface area contributed by atoms with Crippen LogP contribution in [-0.2, 0) is 9.53 Å². The number of carbonyl (C=O) groups excluding carboxylic acids is 1. The van der Waals surface area contributed by atoms with Crippen molar-refractivity contribution in [3.8, 4) is 0 Å². The van der Waals surface area contributed by atoms with E-state index in [0.717, 1.165) is 0 Å². The van der Waals surface area contributed by atoms with Crippen molar-refractivity contribution in [3.05, 3.63) is 16.1 Å². The van der Waals surface area contributed by atoms with Gasteiger partial charge in [0.25, 0.3) is 0 Å². The van der Waals surface area contributed by atoms with E-state index in [-0.39, 0.29) is 0 Å². The monoisotopic (exact) mass is 390 g/mol. The van der Waals surface area contributed by atoms with E-state index in [4.69, 9.17) is 10.5 Å². The van der Waals surface area contributed by atoms with Crippen molar-refractivity contribution in [1.82, 2.24) is 14.5 Å². The van der Waals surface area contributed by atoms with Crippen LogP contribution in [0.3, 0.4) is 0 Å². The fraction of sp³-hybridized carbons (Fsp3) is 0.364. The summed E-state index contributed by atoms with van der Waals surface area (Å²) in [5.74, 6) is 0.318. The number of aromatic nitrogens is 3. The number of nitrogens with zero attached hydrogens (tertiary/aromatic N) is 3. The Bertz CT molecular complexity index is 676. The summed E-state index contributed by atoms with van der Waals surface area (Å²) < 4.78 is 7.34. The molecule has 1 saturated heterocycles. The van der Waals surface area contributed by atoms with Crippen LogP contribution in [0.1, 0.15) is 6.23 Å². The van der Waals surface area contributed by atoms with E-state index in [9.17, 15) is 15.0 Å². The Morgan fingerprint density at radius 2 is 2.15 bits per heavy atom. The molecule has 2 aromatic rings. The summed E-state index contributed by atoms with van der Waals surface area (Å²) in [5, 5.41) is 20.3. The maximum absolute atomic E-state index is 10.8. The quantitative estimate of drug-likeness (QED) is 0.357. The van der Waals surface area contributed by atoms with Crippen molar-refractivity contribution in [1.29, 1.82) is 0 Å². The van der Waals surface area contributed by atoms with Crippen LogP contribution in [0.4, 0.5) is 5.82 Å². The third-order valence-electron chi connectivity index (χ3n) is 3.26. The van der Waals surface area contributed by atoms with Crippen molar-refractivity contribution in [2.45, 2.75) is 24.5 Å². The van der Waals surface area contributed by atoms with Crippen molar-refractivity contribution in [2.24, 2.45) is 0 Å². The van der Waals surface area contributed by atoms with Crippen LogP contribution in [0.15, 0.2) is 12.3 Å². The first-order valence-corrected chi connectivity index (χ1v) is 6.87. The smallest absolute Gasteiger partial charge is 0.194 e. The minimum absolute atomic E-state index is 0.318. The lowest BCUT2D eigenvalue weighted by molar-refractivity contribution is -0.122. The highest BCUT2D eigenvalue weighted by atomic mass is 127. The molecule has 4 N–H and O–H groups in total. The number of anilines is 1. The van der Waals surface area contributed by atoms with Crippen LogP contribution >= 0.6 is 22.6 Å². The molecule has 2 aromatic heterocycles. The summed E-state index contributed by atoms with van der Waals surface area (Å²) in [4.78, 5) is 19.1. The highest BCUT2D eigenvalue weighted by molar-refractivity contribution is 14.1. The Morgan fingerprint density at radius 1 is 1.40 bits per heavy atom. The largest absolute Gasteiger partial charge is 0.387 e. The summed E-state index contributed by atoms with van der Waals surface area (Å²) >= 11 is 1.93. The summed E-state index contributed by atoms with van der Waals surface area (Å²) in [6, 6.07) is 1.69. The molecule has 0 bridgehead atoms. The predicted octanol–water partition coefficient (Wildman–Crippen LogP) is -0.564. The zero-order valence-electron chi connectivity index (χ0n) is 10.0. The number of aliphatic hydroxyl groups is 2. The molecule has 0 unspecified atom stereocenters. The second kappa shape index (κ2) is 4.91. The normalized spacial score (nSPS) is 29.9. The van der Waals surface area contributed by atoms with Gasteiger partial charge >= 0.3 is 0 Å². The Hall–Kier alpha value is -1.30. The Balaban J connectivity index is 2.09. The van der Waals surface area contributed by atoms with Crippen molar-refractivity contribution in [3.63, 3.8) is 0 Å². The van der Waals surface area contributed by atoms with Crippen molar-refractivity contribution < 1.29 is 19.7 Å². The molecule has 1 aliphatic heterocycles. The number of hydrogen-bond acceptors (Lipinski definition) is 7. The fourth-order valence-electron chi connectivity index (χ4n) is 2.26. The van der Waals surface area contributed by atoms with Gasteiger partial charge in [-0.3, -0.25) is 0 Å². The number of hydrogen-bond donors (Lipinski definition) is 3. The van der Waals surface area contributed by atoms with Gasteiger partial charge in [0.05, 0.1) is 5.39 Å². The molecule has 0 aliphatic carbocycles. The number of halogens is 1. The lowest BCUT2D eigenvalue weighted by Crippen LogP contribution is -2.32. The molecule has 1 fully saturated rings. The van der Waals surface area contributed by atoms with Gasteiger partial charge in [0, 0.05) is 28.8 Å². The lowest BCUT2D eigenvalue weighted by Gasteiger charge is -2.17. The van der Waals surface area contributed by atoms with Gasteiger partial charge in [0.15, 0.2) is 16.3 Å². The number of carbonyl (C=O) groups is 1. The molecule has 0 spiro atoms. The predicted molar refractivity (Wildman–Crippen MR) is 76.6 cm³/mol. The van der Waals surface area contributed by atoms with E-state index in [1.165, 1.54) is 4.57 Å². The molecule has 4 atom stereocenters. The maximum Gasteiger partial charge on any atom is 0.194 e. The van der Waals surface area contributed by atoms with Gasteiger partial charge in [-0.1, -0.05) is 0 Å². The molecular weight excluding hydrogens is 379 g/mol. The number of fused-ring (bicyclic) bond motifs is 1. The number of aliphatic hydroxyl groups excluding tert-OH is 2. The van der Waals surface area contributed by atoms with Crippen LogP contribution in [0.5, 0.6) is 0 Å². The van der Waals surface area contributed by atoms with Gasteiger partial charge in [0.1, 0.15) is 29.8 Å². The van der Waals surface area contributed by atoms with Crippen molar-refractivity contribution in [2.75, 3.05) is 5.73 Å². The molecule has 0 amide bonds. The second-order valence-corrected chi connectivity index (χ2v) is 5.41. The topological polar surface area (TPSA) is 123 Å². The molecule has 0 aromatic carbocycles. The van der Waals surface area contributed by atoms with E-state index < -0.39 is 24.5 Å². The Kier molecular flexibility index (Phi) is 3.36. The SMILES string of the molecule is Nc1nc(I)nc2c1ccn2[C@@H]1O[C@H](C=O)[C@@H](O)[C@H]1O. The fourth-order valence-corrected chi connectivity index (χ4v) is 2.75. The molecule has 0 radical (unpaired) electrons. The highest BCUT2D eigenvalue weighted by Crippen LogP contribution is 2.32. The van der Waals surface area contributed by atoms with Crippen LogP contribution in [0.25, 0.3) is 11.0 Å². The second-order valence-electron chi connectivity index (χ2n) is 4.45. The van der Waals surface area contributed by atoms with E-state index in [2.05, 4.69) is 9.97 Å². The summed E-state index contributed by atoms with van der Waals surface area (Å²) in [5.41, 5.74) is 6.28. The average Bonchev–Trinajstić information content (AvgIpc) is 2.93. The van der Waals surface area contributed by atoms with Gasteiger partial charge in [-0.25, -0.2) is 9.97 Å². The Labute approximate surface area is 126 Å². The molecule has 106 valence electrons. The third-order valence-corrected chi connectivity index (χ3v) is 3.74. The van der Waals surface area contributed by atoms with E-state index in [1.54, 1.807) is 12.3 Å². The summed E-state index contributed by atoms with van der Waals surface area (Å²) in [6.07, 6.45) is -2.37. The van der Waals surface area contributed by atoms with Gasteiger partial charge < -0.3 is 30.0 Å². The lowest BCUT2D eigenvalue weighted by atomic mass is 10.1. The molecule has 3 heterocycles. The number of rotatable bonds is 2. The first-order chi connectivity index (χ1) is 9.52. The highest BCUT2D eigenvalue weighted by Gasteiger charge is 2.44. The molecule has 20 heavy (non-hydrogen) atoms. The van der Waals surface area contributed by atoms with Crippen LogP contribution in [0, 0.1) is 3.83 Å². The molecule has 8 nitrogen and oxygen atoms in total. The molecule has 0 saturated carbocycles. The van der Waals surface area contributed by atoms with Gasteiger partial charge in [-0.15, -0.1) is 0 Å². The van der Waals surface area contributed by atoms with Gasteiger partial charge in [-0.05, 0) is 6.07 Å².